The first-order chi connectivity index (χ1) is 12.5. The summed E-state index contributed by atoms with van der Waals surface area (Å²) in [5.74, 6) is 0. The highest BCUT2D eigenvalue weighted by molar-refractivity contribution is 8.01. The molecule has 4 nitrogen and oxygen atoms in total. The lowest BCUT2D eigenvalue weighted by Gasteiger charge is -2.21. The molecule has 1 heterocycles. The molecule has 0 bridgehead atoms. The minimum atomic E-state index is -3.84. The number of aryl methyl sites for hydroxylation is 1. The molecule has 0 saturated carbocycles. The topological polar surface area (TPSA) is 63.6 Å². The Kier molecular flexibility index (Phi) is 4.38. The second kappa shape index (κ2) is 6.57. The molecule has 7 heteroatoms. The maximum Gasteiger partial charge on any atom is 0.288 e. The summed E-state index contributed by atoms with van der Waals surface area (Å²) in [6.07, 6.45) is 0. The summed E-state index contributed by atoms with van der Waals surface area (Å²) in [4.78, 5) is 2.80. The van der Waals surface area contributed by atoms with Crippen molar-refractivity contribution in [3.05, 3.63) is 78.4 Å². The van der Waals surface area contributed by atoms with Crippen LogP contribution in [-0.4, -0.2) is 12.6 Å². The van der Waals surface area contributed by atoms with E-state index >= 15 is 0 Å². The Bertz CT molecular complexity index is 1120. The predicted molar refractivity (Wildman–Crippen MR) is 102 cm³/mol. The van der Waals surface area contributed by atoms with Crippen molar-refractivity contribution in [2.45, 2.75) is 31.4 Å². The molecule has 1 aliphatic rings. The average molecular weight is 402 g/mol. The van der Waals surface area contributed by atoms with Crippen molar-refractivity contribution in [1.82, 2.24) is 0 Å². The largest absolute Gasteiger partial charge is 0.288 e. The summed E-state index contributed by atoms with van der Waals surface area (Å²) in [7, 11) is -6.22. The Labute approximate surface area is 157 Å². The van der Waals surface area contributed by atoms with Gasteiger partial charge in [0.25, 0.3) is 10.0 Å². The zero-order valence-corrected chi connectivity index (χ0v) is 16.3. The molecule has 0 N–H and O–H groups in total. The van der Waals surface area contributed by atoms with E-state index in [1.807, 2.05) is 19.1 Å². The number of hydrogen-bond donors (Lipinski definition) is 0. The lowest BCUT2D eigenvalue weighted by molar-refractivity contribution is 0.598. The molecule has 1 aliphatic heterocycles. The molecule has 0 aromatic heterocycles. The van der Waals surface area contributed by atoms with Crippen molar-refractivity contribution in [3.8, 4) is 0 Å². The Morgan fingerprint density at radius 1 is 0.731 bits per heavy atom. The molecule has 0 spiro atoms. The van der Waals surface area contributed by atoms with Gasteiger partial charge in [0.1, 0.15) is 0 Å². The van der Waals surface area contributed by atoms with E-state index in [9.17, 15) is 12.6 Å². The Morgan fingerprint density at radius 3 is 1.69 bits per heavy atom. The fourth-order valence-electron chi connectivity index (χ4n) is 2.69. The van der Waals surface area contributed by atoms with Crippen LogP contribution in [0.4, 0.5) is 0 Å². The van der Waals surface area contributed by atoms with Gasteiger partial charge in [0.15, 0.2) is 0 Å². The fraction of sp³-hybridized carbons (Fsp3) is 0.0526. The molecular formula is C19H15NO3S3. The first kappa shape index (κ1) is 17.3. The minimum Gasteiger partial charge on any atom is -0.249 e. The Balaban J connectivity index is 1.97. The van der Waals surface area contributed by atoms with Gasteiger partial charge in [0.2, 0.25) is 0 Å². The van der Waals surface area contributed by atoms with Crippen molar-refractivity contribution in [1.29, 1.82) is 0 Å². The van der Waals surface area contributed by atoms with Crippen LogP contribution in [0.2, 0.25) is 0 Å². The second-order valence-corrected chi connectivity index (χ2v) is 10.7. The molecule has 0 radical (unpaired) electrons. The lowest BCUT2D eigenvalue weighted by atomic mass is 10.2. The van der Waals surface area contributed by atoms with Crippen molar-refractivity contribution in [3.63, 3.8) is 0 Å². The molecule has 0 atom stereocenters. The van der Waals surface area contributed by atoms with Crippen LogP contribution in [0.25, 0.3) is 0 Å². The fourth-order valence-corrected chi connectivity index (χ4v) is 8.19. The highest BCUT2D eigenvalue weighted by atomic mass is 32.3. The first-order valence-electron chi connectivity index (χ1n) is 7.86. The summed E-state index contributed by atoms with van der Waals surface area (Å²) in [6.45, 7) is 1.90. The summed E-state index contributed by atoms with van der Waals surface area (Å²) in [5.41, 5.74) is 0.982. The number of sulfonamides is 1. The van der Waals surface area contributed by atoms with Crippen molar-refractivity contribution in [2.24, 2.45) is 3.77 Å². The summed E-state index contributed by atoms with van der Waals surface area (Å²) >= 11 is 0. The number of benzene rings is 3. The SMILES string of the molecule is Cc1ccc(S(=O)(=O)N=S2c3ccccc3S(=O)c3ccccc32)cc1. The van der Waals surface area contributed by atoms with E-state index in [2.05, 4.69) is 3.77 Å². The van der Waals surface area contributed by atoms with Gasteiger partial charge in [0, 0.05) is 9.79 Å². The Hall–Kier alpha value is -2.09. The Morgan fingerprint density at radius 2 is 1.19 bits per heavy atom. The smallest absolute Gasteiger partial charge is 0.249 e. The van der Waals surface area contributed by atoms with Gasteiger partial charge < -0.3 is 0 Å². The predicted octanol–water partition coefficient (Wildman–Crippen LogP) is 4.08. The van der Waals surface area contributed by atoms with E-state index in [1.165, 1.54) is 0 Å². The van der Waals surface area contributed by atoms with Crippen LogP contribution in [0.1, 0.15) is 5.56 Å². The van der Waals surface area contributed by atoms with Crippen LogP contribution < -0.4 is 0 Å². The quantitative estimate of drug-likeness (QED) is 0.508. The summed E-state index contributed by atoms with van der Waals surface area (Å²) in [6, 6.07) is 21.0. The lowest BCUT2D eigenvalue weighted by Crippen LogP contribution is -2.12. The number of fused-ring (bicyclic) bond motifs is 2. The van der Waals surface area contributed by atoms with E-state index in [1.54, 1.807) is 60.7 Å². The monoisotopic (exact) mass is 401 g/mol. The van der Waals surface area contributed by atoms with Crippen LogP contribution in [0.15, 0.2) is 101 Å². The molecule has 0 unspecified atom stereocenters. The zero-order valence-electron chi connectivity index (χ0n) is 13.8. The first-order valence-corrected chi connectivity index (χ1v) is 11.6. The molecule has 4 rings (SSSR count). The number of rotatable bonds is 2. The molecular weight excluding hydrogens is 386 g/mol. The van der Waals surface area contributed by atoms with Gasteiger partial charge in [0.05, 0.1) is 25.5 Å². The molecule has 0 saturated heterocycles. The van der Waals surface area contributed by atoms with Crippen LogP contribution in [0, 0.1) is 6.92 Å². The molecule has 0 aliphatic carbocycles. The van der Waals surface area contributed by atoms with E-state index < -0.39 is 31.5 Å². The molecule has 3 aromatic rings. The third-order valence-corrected chi connectivity index (χ3v) is 9.57. The van der Waals surface area contributed by atoms with Gasteiger partial charge in [-0.2, -0.15) is 8.42 Å². The van der Waals surface area contributed by atoms with Gasteiger partial charge >= 0.3 is 0 Å². The van der Waals surface area contributed by atoms with E-state index in [4.69, 9.17) is 0 Å². The van der Waals surface area contributed by atoms with E-state index in [0.717, 1.165) is 5.56 Å². The highest BCUT2D eigenvalue weighted by Gasteiger charge is 2.28. The zero-order chi connectivity index (χ0) is 18.3. The second-order valence-electron chi connectivity index (χ2n) is 5.81. The van der Waals surface area contributed by atoms with Gasteiger partial charge in [-0.25, -0.2) is 4.21 Å². The average Bonchev–Trinajstić information content (AvgIpc) is 2.65. The molecule has 0 amide bonds. The maximum atomic E-state index is 12.9. The summed E-state index contributed by atoms with van der Waals surface area (Å²) in [5, 5.41) is 0. The molecule has 3 aromatic carbocycles. The third-order valence-electron chi connectivity index (χ3n) is 4.01. The minimum absolute atomic E-state index is 0.164. The van der Waals surface area contributed by atoms with E-state index in [-0.39, 0.29) is 4.90 Å². The van der Waals surface area contributed by atoms with E-state index in [0.29, 0.717) is 19.6 Å². The molecule has 0 fully saturated rings. The standard InChI is InChI=1S/C19H15NO3S3/c1-14-10-12-15(13-11-14)26(22,23)20-24-16-6-2-4-8-18(16)25(21)19-9-5-3-7-17(19)24/h2-13H,1H3. The van der Waals surface area contributed by atoms with Crippen LogP contribution in [0.3, 0.4) is 0 Å². The summed E-state index contributed by atoms with van der Waals surface area (Å²) < 4.78 is 42.9. The van der Waals surface area contributed by atoms with Gasteiger partial charge in [-0.05, 0) is 54.0 Å². The number of hydrogen-bond acceptors (Lipinski definition) is 3. The van der Waals surface area contributed by atoms with Gasteiger partial charge in [-0.1, -0.05) is 42.0 Å². The van der Waals surface area contributed by atoms with Gasteiger partial charge in [-0.3, -0.25) is 0 Å². The molecule has 132 valence electrons. The maximum absolute atomic E-state index is 12.9. The molecule has 26 heavy (non-hydrogen) atoms. The normalized spacial score (nSPS) is 18.7. The van der Waals surface area contributed by atoms with Gasteiger partial charge in [-0.15, -0.1) is 3.77 Å². The van der Waals surface area contributed by atoms with Crippen molar-refractivity contribution < 1.29 is 12.6 Å². The van der Waals surface area contributed by atoms with Crippen LogP contribution >= 0.6 is 0 Å². The third kappa shape index (κ3) is 2.96. The van der Waals surface area contributed by atoms with Crippen LogP contribution in [-0.2, 0) is 31.5 Å². The van der Waals surface area contributed by atoms with Crippen molar-refractivity contribution in [2.75, 3.05) is 0 Å². The van der Waals surface area contributed by atoms with Crippen molar-refractivity contribution >= 4 is 31.5 Å². The number of nitrogens with zero attached hydrogens (tertiary/aromatic N) is 1. The van der Waals surface area contributed by atoms with Crippen LogP contribution in [0.5, 0.6) is 0 Å². The highest BCUT2D eigenvalue weighted by Crippen LogP contribution is 2.37.